The summed E-state index contributed by atoms with van der Waals surface area (Å²) in [5.74, 6) is 2.92. The van der Waals surface area contributed by atoms with E-state index in [1.54, 1.807) is 12.1 Å². The first-order chi connectivity index (χ1) is 14.4. The van der Waals surface area contributed by atoms with Crippen molar-refractivity contribution in [3.8, 4) is 29.9 Å². The Bertz CT molecular complexity index is 1070. The van der Waals surface area contributed by atoms with Crippen molar-refractivity contribution in [2.45, 2.75) is 20.3 Å². The highest BCUT2D eigenvalue weighted by Crippen LogP contribution is 2.34. The summed E-state index contributed by atoms with van der Waals surface area (Å²) in [6, 6.07) is 11.2. The molecule has 0 fully saturated rings. The second kappa shape index (κ2) is 10.5. The first-order valence-corrected chi connectivity index (χ1v) is 9.32. The Labute approximate surface area is 177 Å². The van der Waals surface area contributed by atoms with E-state index in [0.29, 0.717) is 29.2 Å². The predicted octanol–water partition coefficient (Wildman–Crippen LogP) is 4.60. The molecule has 5 heteroatoms. The van der Waals surface area contributed by atoms with Crippen LogP contribution in [0.4, 0.5) is 5.69 Å². The van der Waals surface area contributed by atoms with Crippen LogP contribution in [0.2, 0.25) is 0 Å². The first-order valence-electron chi connectivity index (χ1n) is 9.32. The number of anilines is 1. The van der Waals surface area contributed by atoms with Crippen molar-refractivity contribution in [2.24, 2.45) is 0 Å². The van der Waals surface area contributed by atoms with E-state index in [1.807, 2.05) is 44.2 Å². The van der Waals surface area contributed by atoms with Crippen molar-refractivity contribution in [3.63, 3.8) is 0 Å². The van der Waals surface area contributed by atoms with Crippen molar-refractivity contribution in [1.29, 1.82) is 5.26 Å². The van der Waals surface area contributed by atoms with Gasteiger partial charge in [-0.2, -0.15) is 5.26 Å². The van der Waals surface area contributed by atoms with Crippen molar-refractivity contribution in [2.75, 3.05) is 19.0 Å². The molecule has 0 saturated heterocycles. The Balaban J connectivity index is 2.41. The number of amides is 1. The van der Waals surface area contributed by atoms with Gasteiger partial charge in [0.25, 0.3) is 5.91 Å². The molecule has 2 aromatic carbocycles. The van der Waals surface area contributed by atoms with Gasteiger partial charge in [0.2, 0.25) is 0 Å². The van der Waals surface area contributed by atoms with Crippen LogP contribution in [-0.4, -0.2) is 19.6 Å². The summed E-state index contributed by atoms with van der Waals surface area (Å²) in [5, 5.41) is 12.3. The number of nitriles is 1. The van der Waals surface area contributed by atoms with Gasteiger partial charge in [-0.05, 0) is 55.7 Å². The molecule has 1 N–H and O–H groups in total. The topological polar surface area (TPSA) is 71.3 Å². The molecule has 0 heterocycles. The lowest BCUT2D eigenvalue weighted by Gasteiger charge is -2.14. The number of ether oxygens (including phenoxy) is 2. The SMILES string of the molecule is C#CCOc1c(CC=C)cc(/C=C(\C#N)C(=O)Nc2ccc(C)cc2C)cc1OC. The molecular formula is C25H24N2O3. The highest BCUT2D eigenvalue weighted by atomic mass is 16.5. The van der Waals surface area contributed by atoms with E-state index >= 15 is 0 Å². The average Bonchev–Trinajstić information content (AvgIpc) is 2.73. The largest absolute Gasteiger partial charge is 0.493 e. The molecule has 1 amide bonds. The zero-order valence-corrected chi connectivity index (χ0v) is 17.4. The lowest BCUT2D eigenvalue weighted by atomic mass is 10.0. The first kappa shape index (κ1) is 22.3. The molecule has 0 atom stereocenters. The molecule has 0 spiro atoms. The van der Waals surface area contributed by atoms with Crippen molar-refractivity contribution in [3.05, 3.63) is 70.8 Å². The molecule has 0 aliphatic heterocycles. The minimum atomic E-state index is -0.485. The van der Waals surface area contributed by atoms with Crippen LogP contribution in [0.15, 0.2) is 48.6 Å². The summed E-state index contributed by atoms with van der Waals surface area (Å²) in [6.45, 7) is 7.73. The molecule has 0 aromatic heterocycles. The van der Waals surface area contributed by atoms with Crippen LogP contribution in [0.3, 0.4) is 0 Å². The van der Waals surface area contributed by atoms with Crippen molar-refractivity contribution < 1.29 is 14.3 Å². The third-order valence-corrected chi connectivity index (χ3v) is 4.34. The second-order valence-corrected chi connectivity index (χ2v) is 6.64. The quantitative estimate of drug-likeness (QED) is 0.304. The molecule has 0 unspecified atom stereocenters. The van der Waals surface area contributed by atoms with Gasteiger partial charge in [-0.3, -0.25) is 4.79 Å². The molecule has 5 nitrogen and oxygen atoms in total. The summed E-state index contributed by atoms with van der Waals surface area (Å²) in [6.07, 6.45) is 9.04. The fourth-order valence-corrected chi connectivity index (χ4v) is 2.96. The van der Waals surface area contributed by atoms with E-state index in [-0.39, 0.29) is 12.2 Å². The minimum absolute atomic E-state index is 0.0288. The minimum Gasteiger partial charge on any atom is -0.493 e. The molecular weight excluding hydrogens is 376 g/mol. The monoisotopic (exact) mass is 400 g/mol. The standard InChI is InChI=1S/C25H24N2O3/c1-6-8-20-13-19(15-23(29-5)24(20)30-11-7-2)14-21(16-26)25(28)27-22-10-9-17(3)12-18(22)4/h2,6,9-10,12-15H,1,8,11H2,3-5H3,(H,27,28)/b21-14+. The fourth-order valence-electron chi connectivity index (χ4n) is 2.96. The van der Waals surface area contributed by atoms with Gasteiger partial charge in [0.15, 0.2) is 11.5 Å². The number of benzene rings is 2. The van der Waals surface area contributed by atoms with Crippen LogP contribution in [0.25, 0.3) is 6.08 Å². The zero-order chi connectivity index (χ0) is 22.1. The third-order valence-electron chi connectivity index (χ3n) is 4.34. The number of carbonyl (C=O) groups excluding carboxylic acids is 1. The number of rotatable bonds is 8. The van der Waals surface area contributed by atoms with Crippen LogP contribution in [0.5, 0.6) is 11.5 Å². The van der Waals surface area contributed by atoms with Gasteiger partial charge >= 0.3 is 0 Å². The van der Waals surface area contributed by atoms with Gasteiger partial charge in [0.1, 0.15) is 18.2 Å². The lowest BCUT2D eigenvalue weighted by molar-refractivity contribution is -0.112. The Morgan fingerprint density at radius 1 is 1.30 bits per heavy atom. The molecule has 152 valence electrons. The van der Waals surface area contributed by atoms with Gasteiger partial charge in [-0.1, -0.05) is 29.7 Å². The molecule has 0 radical (unpaired) electrons. The summed E-state index contributed by atoms with van der Waals surface area (Å²) in [4.78, 5) is 12.7. The third kappa shape index (κ3) is 5.53. The van der Waals surface area contributed by atoms with Crippen molar-refractivity contribution >= 4 is 17.7 Å². The van der Waals surface area contributed by atoms with Crippen LogP contribution in [0, 0.1) is 37.5 Å². The molecule has 0 saturated carbocycles. The van der Waals surface area contributed by atoms with Gasteiger partial charge in [-0.15, -0.1) is 13.0 Å². The number of hydrogen-bond donors (Lipinski definition) is 1. The Hall–Kier alpha value is -3.96. The smallest absolute Gasteiger partial charge is 0.266 e. The lowest BCUT2D eigenvalue weighted by Crippen LogP contribution is -2.14. The maximum atomic E-state index is 12.7. The van der Waals surface area contributed by atoms with Crippen LogP contribution >= 0.6 is 0 Å². The predicted molar refractivity (Wildman–Crippen MR) is 119 cm³/mol. The Morgan fingerprint density at radius 3 is 2.67 bits per heavy atom. The van der Waals surface area contributed by atoms with Gasteiger partial charge in [0.05, 0.1) is 7.11 Å². The average molecular weight is 400 g/mol. The number of allylic oxidation sites excluding steroid dienone is 1. The Morgan fingerprint density at radius 2 is 2.07 bits per heavy atom. The fraction of sp³-hybridized carbons (Fsp3) is 0.200. The molecule has 0 aliphatic carbocycles. The molecule has 2 aromatic rings. The molecule has 0 bridgehead atoms. The maximum absolute atomic E-state index is 12.7. The van der Waals surface area contributed by atoms with E-state index in [1.165, 1.54) is 13.2 Å². The number of carbonyl (C=O) groups is 1. The second-order valence-electron chi connectivity index (χ2n) is 6.64. The number of nitrogens with one attached hydrogen (secondary N) is 1. The number of nitrogens with zero attached hydrogens (tertiary/aromatic N) is 1. The zero-order valence-electron chi connectivity index (χ0n) is 17.4. The number of methoxy groups -OCH3 is 1. The molecule has 30 heavy (non-hydrogen) atoms. The van der Waals surface area contributed by atoms with Gasteiger partial charge < -0.3 is 14.8 Å². The van der Waals surface area contributed by atoms with Crippen molar-refractivity contribution in [1.82, 2.24) is 0 Å². The number of aryl methyl sites for hydroxylation is 2. The van der Waals surface area contributed by atoms with E-state index in [4.69, 9.17) is 15.9 Å². The van der Waals surface area contributed by atoms with Gasteiger partial charge in [-0.25, -0.2) is 0 Å². The van der Waals surface area contributed by atoms with E-state index in [9.17, 15) is 10.1 Å². The maximum Gasteiger partial charge on any atom is 0.266 e. The highest BCUT2D eigenvalue weighted by Gasteiger charge is 2.15. The number of terminal acetylenes is 1. The summed E-state index contributed by atoms with van der Waals surface area (Å²) in [7, 11) is 1.52. The van der Waals surface area contributed by atoms with Crippen LogP contribution in [0.1, 0.15) is 22.3 Å². The summed E-state index contributed by atoms with van der Waals surface area (Å²) in [5.41, 5.74) is 4.07. The number of hydrogen-bond acceptors (Lipinski definition) is 4. The Kier molecular flexibility index (Phi) is 7.85. The van der Waals surface area contributed by atoms with Crippen LogP contribution < -0.4 is 14.8 Å². The highest BCUT2D eigenvalue weighted by molar-refractivity contribution is 6.10. The summed E-state index contributed by atoms with van der Waals surface area (Å²) >= 11 is 0. The van der Waals surface area contributed by atoms with E-state index in [2.05, 4.69) is 17.8 Å². The summed E-state index contributed by atoms with van der Waals surface area (Å²) < 4.78 is 11.1. The van der Waals surface area contributed by atoms with E-state index in [0.717, 1.165) is 16.7 Å². The van der Waals surface area contributed by atoms with Gasteiger partial charge in [0, 0.05) is 11.3 Å². The molecule has 2 rings (SSSR count). The normalized spacial score (nSPS) is 10.5. The van der Waals surface area contributed by atoms with E-state index < -0.39 is 5.91 Å². The van der Waals surface area contributed by atoms with Crippen LogP contribution in [-0.2, 0) is 11.2 Å². The molecule has 0 aliphatic rings.